The van der Waals surface area contributed by atoms with Crippen LogP contribution in [0.3, 0.4) is 0 Å². The summed E-state index contributed by atoms with van der Waals surface area (Å²) in [7, 11) is 0. The summed E-state index contributed by atoms with van der Waals surface area (Å²) in [6.07, 6.45) is 2.60. The first-order valence-corrected chi connectivity index (χ1v) is 9.21. The molecule has 2 aliphatic rings. The van der Waals surface area contributed by atoms with Gasteiger partial charge in [0.25, 0.3) is 0 Å². The van der Waals surface area contributed by atoms with Crippen molar-refractivity contribution in [1.29, 1.82) is 0 Å². The van der Waals surface area contributed by atoms with Crippen LogP contribution in [0.25, 0.3) is 0 Å². The number of anilines is 2. The lowest BCUT2D eigenvalue weighted by atomic mass is 9.93. The van der Waals surface area contributed by atoms with E-state index >= 15 is 0 Å². The number of carbonyl (C=O) groups excluding carboxylic acids is 2. The van der Waals surface area contributed by atoms with E-state index in [1.807, 2.05) is 6.07 Å². The number of benzene rings is 2. The number of halogens is 1. The molecule has 27 heavy (non-hydrogen) atoms. The van der Waals surface area contributed by atoms with Crippen LogP contribution in [0.5, 0.6) is 5.75 Å². The van der Waals surface area contributed by atoms with Gasteiger partial charge in [-0.1, -0.05) is 6.07 Å². The van der Waals surface area contributed by atoms with Crippen molar-refractivity contribution in [3.05, 3.63) is 53.8 Å². The van der Waals surface area contributed by atoms with E-state index in [-0.39, 0.29) is 24.1 Å². The Balaban J connectivity index is 1.28. The molecule has 1 saturated heterocycles. The van der Waals surface area contributed by atoms with Crippen molar-refractivity contribution in [2.45, 2.75) is 25.7 Å². The van der Waals surface area contributed by atoms with Gasteiger partial charge in [-0.2, -0.15) is 0 Å². The van der Waals surface area contributed by atoms with Crippen LogP contribution >= 0.6 is 0 Å². The molecule has 2 heterocycles. The maximum Gasteiger partial charge on any atom is 0.315 e. The summed E-state index contributed by atoms with van der Waals surface area (Å²) >= 11 is 0. The Kier molecular flexibility index (Phi) is 4.79. The number of nitrogens with one attached hydrogen (secondary N) is 1. The highest BCUT2D eigenvalue weighted by Gasteiger charge is 2.23. The molecule has 2 aromatic carbocycles. The monoisotopic (exact) mass is 368 g/mol. The normalized spacial score (nSPS) is 16.8. The summed E-state index contributed by atoms with van der Waals surface area (Å²) < 4.78 is 18.2. The molecule has 0 spiro atoms. The minimum atomic E-state index is -0.263. The van der Waals surface area contributed by atoms with Crippen LogP contribution in [0.15, 0.2) is 42.5 Å². The van der Waals surface area contributed by atoms with Gasteiger partial charge in [-0.05, 0) is 49.1 Å². The minimum Gasteiger partial charge on any atom is -0.426 e. The smallest absolute Gasteiger partial charge is 0.315 e. The van der Waals surface area contributed by atoms with Crippen LogP contribution in [0.1, 0.15) is 24.8 Å². The molecule has 2 aliphatic heterocycles. The van der Waals surface area contributed by atoms with Crippen molar-refractivity contribution in [1.82, 2.24) is 0 Å². The fourth-order valence-corrected chi connectivity index (χ4v) is 3.71. The number of amides is 1. The standard InChI is InChI=1S/C21H21FN2O3/c22-16-2-5-18(6-3-16)24-9-7-14(8-10-24)11-20(25)23-17-4-1-15-12-21(26)27-19(15)13-17/h1-6,13-14H,7-12H2,(H,23,25). The van der Waals surface area contributed by atoms with Crippen molar-refractivity contribution < 1.29 is 18.7 Å². The second kappa shape index (κ2) is 7.39. The predicted molar refractivity (Wildman–Crippen MR) is 100 cm³/mol. The first-order valence-electron chi connectivity index (χ1n) is 9.21. The number of hydrogen-bond acceptors (Lipinski definition) is 4. The summed E-state index contributed by atoms with van der Waals surface area (Å²) in [4.78, 5) is 25.9. The van der Waals surface area contributed by atoms with Gasteiger partial charge in [0.15, 0.2) is 0 Å². The van der Waals surface area contributed by atoms with Crippen LogP contribution in [0.2, 0.25) is 0 Å². The fourth-order valence-electron chi connectivity index (χ4n) is 3.71. The summed E-state index contributed by atoms with van der Waals surface area (Å²) in [5, 5.41) is 2.90. The largest absolute Gasteiger partial charge is 0.426 e. The number of piperidine rings is 1. The maximum absolute atomic E-state index is 13.0. The second-order valence-corrected chi connectivity index (χ2v) is 7.13. The van der Waals surface area contributed by atoms with Gasteiger partial charge in [0.1, 0.15) is 11.6 Å². The molecule has 6 heteroatoms. The third kappa shape index (κ3) is 4.10. The first kappa shape index (κ1) is 17.5. The number of esters is 1. The fraction of sp³-hybridized carbons (Fsp3) is 0.333. The van der Waals surface area contributed by atoms with Crippen LogP contribution in [-0.2, 0) is 16.0 Å². The van der Waals surface area contributed by atoms with Gasteiger partial charge >= 0.3 is 5.97 Å². The van der Waals surface area contributed by atoms with Crippen molar-refractivity contribution >= 4 is 23.3 Å². The van der Waals surface area contributed by atoms with Gasteiger partial charge in [0.2, 0.25) is 5.91 Å². The number of fused-ring (bicyclic) bond motifs is 1. The van der Waals surface area contributed by atoms with E-state index in [1.165, 1.54) is 12.1 Å². The maximum atomic E-state index is 13.0. The third-order valence-corrected chi connectivity index (χ3v) is 5.19. The lowest BCUT2D eigenvalue weighted by Crippen LogP contribution is -2.34. The van der Waals surface area contributed by atoms with Crippen molar-refractivity contribution in [2.75, 3.05) is 23.3 Å². The predicted octanol–water partition coefficient (Wildman–Crippen LogP) is 3.53. The van der Waals surface area contributed by atoms with E-state index < -0.39 is 0 Å². The molecule has 0 unspecified atom stereocenters. The van der Waals surface area contributed by atoms with Crippen molar-refractivity contribution in [3.8, 4) is 5.75 Å². The van der Waals surface area contributed by atoms with E-state index in [1.54, 1.807) is 24.3 Å². The minimum absolute atomic E-state index is 0.0282. The Bertz CT molecular complexity index is 858. The third-order valence-electron chi connectivity index (χ3n) is 5.19. The Labute approximate surface area is 157 Å². The van der Waals surface area contributed by atoms with Gasteiger partial charge in [-0.25, -0.2) is 4.39 Å². The summed E-state index contributed by atoms with van der Waals surface area (Å²) in [6, 6.07) is 11.9. The molecule has 0 radical (unpaired) electrons. The van der Waals surface area contributed by atoms with E-state index in [2.05, 4.69) is 10.2 Å². The molecule has 1 fully saturated rings. The summed E-state index contributed by atoms with van der Waals surface area (Å²) in [5.74, 6) is 0.340. The zero-order valence-electron chi connectivity index (χ0n) is 14.9. The van der Waals surface area contributed by atoms with E-state index in [4.69, 9.17) is 4.74 Å². The molecule has 1 amide bonds. The van der Waals surface area contributed by atoms with E-state index in [0.717, 1.165) is 37.2 Å². The summed E-state index contributed by atoms with van der Waals surface area (Å²) in [6.45, 7) is 1.72. The SMILES string of the molecule is O=C(CC1CCN(c2ccc(F)cc2)CC1)Nc1ccc2c(c1)OC(=O)C2. The van der Waals surface area contributed by atoms with Gasteiger partial charge < -0.3 is 15.0 Å². The second-order valence-electron chi connectivity index (χ2n) is 7.13. The topological polar surface area (TPSA) is 58.6 Å². The molecule has 2 aromatic rings. The lowest BCUT2D eigenvalue weighted by Gasteiger charge is -2.33. The Hall–Kier alpha value is -2.89. The molecule has 1 N–H and O–H groups in total. The number of nitrogens with zero attached hydrogens (tertiary/aromatic N) is 1. The highest BCUT2D eigenvalue weighted by Crippen LogP contribution is 2.30. The van der Waals surface area contributed by atoms with Crippen LogP contribution < -0.4 is 15.0 Å². The average molecular weight is 368 g/mol. The van der Waals surface area contributed by atoms with E-state index in [9.17, 15) is 14.0 Å². The van der Waals surface area contributed by atoms with E-state index in [0.29, 0.717) is 23.8 Å². The number of ether oxygens (including phenoxy) is 1. The molecule has 5 nitrogen and oxygen atoms in total. The van der Waals surface area contributed by atoms with Crippen LogP contribution in [0.4, 0.5) is 15.8 Å². The Morgan fingerprint density at radius 2 is 1.89 bits per heavy atom. The average Bonchev–Trinajstić information content (AvgIpc) is 3.02. The quantitative estimate of drug-likeness (QED) is 0.663. The molecule has 0 saturated carbocycles. The molecule has 140 valence electrons. The molecule has 0 aromatic heterocycles. The van der Waals surface area contributed by atoms with Gasteiger partial charge in [-0.15, -0.1) is 0 Å². The summed E-state index contributed by atoms with van der Waals surface area (Å²) in [5.41, 5.74) is 2.52. The van der Waals surface area contributed by atoms with Crippen molar-refractivity contribution in [3.63, 3.8) is 0 Å². The zero-order valence-corrected chi connectivity index (χ0v) is 14.9. The zero-order chi connectivity index (χ0) is 18.8. The Morgan fingerprint density at radius 3 is 2.63 bits per heavy atom. The molecule has 0 bridgehead atoms. The molecule has 0 aliphatic carbocycles. The highest BCUT2D eigenvalue weighted by atomic mass is 19.1. The highest BCUT2D eigenvalue weighted by molar-refractivity contribution is 5.92. The molecular weight excluding hydrogens is 347 g/mol. The van der Waals surface area contributed by atoms with Gasteiger partial charge in [-0.3, -0.25) is 9.59 Å². The molecular formula is C21H21FN2O3. The molecule has 4 rings (SSSR count). The van der Waals surface area contributed by atoms with Gasteiger partial charge in [0.05, 0.1) is 6.42 Å². The number of rotatable bonds is 4. The van der Waals surface area contributed by atoms with Crippen LogP contribution in [0, 0.1) is 11.7 Å². The Morgan fingerprint density at radius 1 is 1.15 bits per heavy atom. The molecule has 0 atom stereocenters. The first-order chi connectivity index (χ1) is 13.1. The number of hydrogen-bond donors (Lipinski definition) is 1. The van der Waals surface area contributed by atoms with Crippen molar-refractivity contribution in [2.24, 2.45) is 5.92 Å². The number of carbonyl (C=O) groups is 2. The lowest BCUT2D eigenvalue weighted by molar-refractivity contribution is -0.131. The van der Waals surface area contributed by atoms with Crippen LogP contribution in [-0.4, -0.2) is 25.0 Å². The van der Waals surface area contributed by atoms with Gasteiger partial charge in [0, 0.05) is 42.5 Å².